The second-order valence-corrected chi connectivity index (χ2v) is 8.49. The molecular formula is C22H32ClN5O2. The van der Waals surface area contributed by atoms with Gasteiger partial charge in [0.05, 0.1) is 0 Å². The fourth-order valence-corrected chi connectivity index (χ4v) is 4.24. The minimum atomic E-state index is -0.0288. The molecule has 3 N–H and O–H groups in total. The summed E-state index contributed by atoms with van der Waals surface area (Å²) in [5, 5.41) is 10.2. The van der Waals surface area contributed by atoms with Crippen molar-refractivity contribution >= 4 is 35.1 Å². The van der Waals surface area contributed by atoms with Crippen molar-refractivity contribution in [1.29, 1.82) is 0 Å². The SMILES string of the molecule is CN=C(NCCCC(=O)Nc1ccc(Cl)cc1)NC1CCN(C(=O)C2CCCC2)C1. The first-order valence-corrected chi connectivity index (χ1v) is 11.2. The van der Waals surface area contributed by atoms with Gasteiger partial charge in [-0.2, -0.15) is 0 Å². The van der Waals surface area contributed by atoms with Crippen LogP contribution in [0.25, 0.3) is 0 Å². The molecule has 1 aromatic carbocycles. The maximum absolute atomic E-state index is 12.6. The first kappa shape index (κ1) is 22.4. The van der Waals surface area contributed by atoms with Crippen LogP contribution in [-0.4, -0.2) is 55.4 Å². The third-order valence-corrected chi connectivity index (χ3v) is 6.02. The van der Waals surface area contributed by atoms with Gasteiger partial charge >= 0.3 is 0 Å². The van der Waals surface area contributed by atoms with Crippen LogP contribution in [0.4, 0.5) is 5.69 Å². The molecule has 1 aliphatic heterocycles. The predicted molar refractivity (Wildman–Crippen MR) is 121 cm³/mol. The van der Waals surface area contributed by atoms with Crippen LogP contribution in [0.1, 0.15) is 44.9 Å². The minimum Gasteiger partial charge on any atom is -0.356 e. The Morgan fingerprint density at radius 3 is 2.60 bits per heavy atom. The van der Waals surface area contributed by atoms with Gasteiger partial charge in [0.25, 0.3) is 0 Å². The highest BCUT2D eigenvalue weighted by atomic mass is 35.5. The topological polar surface area (TPSA) is 85.8 Å². The lowest BCUT2D eigenvalue weighted by Crippen LogP contribution is -2.45. The second kappa shape index (κ2) is 11.2. The third-order valence-electron chi connectivity index (χ3n) is 5.77. The summed E-state index contributed by atoms with van der Waals surface area (Å²) < 4.78 is 0. The Kier molecular flexibility index (Phi) is 8.37. The van der Waals surface area contributed by atoms with E-state index in [4.69, 9.17) is 11.6 Å². The largest absolute Gasteiger partial charge is 0.356 e. The molecule has 7 nitrogen and oxygen atoms in total. The Bertz CT molecular complexity index is 746. The number of nitrogens with zero attached hydrogens (tertiary/aromatic N) is 2. The van der Waals surface area contributed by atoms with Gasteiger partial charge in [-0.05, 0) is 49.9 Å². The number of hydrogen-bond donors (Lipinski definition) is 3. The molecule has 1 aromatic rings. The molecule has 30 heavy (non-hydrogen) atoms. The number of rotatable bonds is 7. The van der Waals surface area contributed by atoms with Crippen LogP contribution in [0.15, 0.2) is 29.3 Å². The summed E-state index contributed by atoms with van der Waals surface area (Å²) in [7, 11) is 1.74. The minimum absolute atomic E-state index is 0.0288. The number of carbonyl (C=O) groups excluding carboxylic acids is 2. The third kappa shape index (κ3) is 6.62. The summed E-state index contributed by atoms with van der Waals surface area (Å²) in [6, 6.07) is 7.29. The maximum atomic E-state index is 12.6. The molecule has 0 spiro atoms. The summed E-state index contributed by atoms with van der Waals surface area (Å²) >= 11 is 5.85. The number of nitrogens with one attached hydrogen (secondary N) is 3. The number of carbonyl (C=O) groups is 2. The van der Waals surface area contributed by atoms with Crippen molar-refractivity contribution < 1.29 is 9.59 Å². The van der Waals surface area contributed by atoms with E-state index in [1.54, 1.807) is 31.3 Å². The molecule has 2 fully saturated rings. The van der Waals surface area contributed by atoms with Crippen LogP contribution < -0.4 is 16.0 Å². The van der Waals surface area contributed by atoms with Crippen LogP contribution in [0, 0.1) is 5.92 Å². The van der Waals surface area contributed by atoms with Gasteiger partial charge in [0.15, 0.2) is 5.96 Å². The molecule has 1 saturated heterocycles. The zero-order chi connectivity index (χ0) is 21.3. The van der Waals surface area contributed by atoms with Crippen LogP contribution in [0.3, 0.4) is 0 Å². The quantitative estimate of drug-likeness (QED) is 0.350. The Balaban J connectivity index is 1.32. The summed E-state index contributed by atoms with van der Waals surface area (Å²) in [6.07, 6.45) is 6.49. The average Bonchev–Trinajstić information content (AvgIpc) is 3.44. The number of guanidine groups is 1. The lowest BCUT2D eigenvalue weighted by Gasteiger charge is -2.21. The number of likely N-dealkylation sites (tertiary alicyclic amines) is 1. The molecule has 1 saturated carbocycles. The van der Waals surface area contributed by atoms with E-state index in [1.165, 1.54) is 12.8 Å². The number of amides is 2. The van der Waals surface area contributed by atoms with Crippen LogP contribution in [-0.2, 0) is 9.59 Å². The molecule has 8 heteroatoms. The molecule has 0 bridgehead atoms. The summed E-state index contributed by atoms with van der Waals surface area (Å²) in [4.78, 5) is 30.9. The molecule has 1 heterocycles. The van der Waals surface area contributed by atoms with Crippen LogP contribution >= 0.6 is 11.6 Å². The number of halogens is 1. The van der Waals surface area contributed by atoms with Crippen molar-refractivity contribution in [1.82, 2.24) is 15.5 Å². The lowest BCUT2D eigenvalue weighted by atomic mass is 10.1. The predicted octanol–water partition coefficient (Wildman–Crippen LogP) is 3.01. The van der Waals surface area contributed by atoms with E-state index in [2.05, 4.69) is 20.9 Å². The number of hydrogen-bond acceptors (Lipinski definition) is 3. The van der Waals surface area contributed by atoms with Gasteiger partial charge in [0.2, 0.25) is 11.8 Å². The molecule has 1 unspecified atom stereocenters. The molecule has 0 aromatic heterocycles. The molecule has 164 valence electrons. The van der Waals surface area contributed by atoms with E-state index >= 15 is 0 Å². The van der Waals surface area contributed by atoms with E-state index in [1.807, 2.05) is 4.90 Å². The molecule has 1 aliphatic carbocycles. The molecule has 2 aliphatic rings. The molecule has 0 radical (unpaired) electrons. The van der Waals surface area contributed by atoms with Gasteiger partial charge in [0.1, 0.15) is 0 Å². The monoisotopic (exact) mass is 433 g/mol. The van der Waals surface area contributed by atoms with Crippen molar-refractivity contribution in [3.8, 4) is 0 Å². The number of aliphatic imine (C=N–C) groups is 1. The Morgan fingerprint density at radius 2 is 1.90 bits per heavy atom. The van der Waals surface area contributed by atoms with Crippen molar-refractivity contribution in [3.05, 3.63) is 29.3 Å². The Hall–Kier alpha value is -2.28. The zero-order valence-corrected chi connectivity index (χ0v) is 18.4. The highest BCUT2D eigenvalue weighted by molar-refractivity contribution is 6.30. The fraction of sp³-hybridized carbons (Fsp3) is 0.591. The van der Waals surface area contributed by atoms with Gasteiger partial charge in [-0.25, -0.2) is 0 Å². The molecule has 1 atom stereocenters. The van der Waals surface area contributed by atoms with E-state index in [0.717, 1.165) is 38.0 Å². The smallest absolute Gasteiger partial charge is 0.225 e. The Labute approximate surface area is 183 Å². The van der Waals surface area contributed by atoms with Crippen LogP contribution in [0.5, 0.6) is 0 Å². The first-order chi connectivity index (χ1) is 14.5. The Morgan fingerprint density at radius 1 is 1.17 bits per heavy atom. The van der Waals surface area contributed by atoms with Gasteiger partial charge < -0.3 is 20.9 Å². The van der Waals surface area contributed by atoms with E-state index < -0.39 is 0 Å². The molecular weight excluding hydrogens is 402 g/mol. The zero-order valence-electron chi connectivity index (χ0n) is 17.6. The van der Waals surface area contributed by atoms with E-state index in [0.29, 0.717) is 36.3 Å². The average molecular weight is 434 g/mol. The fourth-order valence-electron chi connectivity index (χ4n) is 4.11. The molecule has 2 amide bonds. The molecule has 3 rings (SSSR count). The van der Waals surface area contributed by atoms with Gasteiger partial charge in [0, 0.05) is 55.8 Å². The highest BCUT2D eigenvalue weighted by Gasteiger charge is 2.32. The van der Waals surface area contributed by atoms with E-state index in [-0.39, 0.29) is 17.9 Å². The second-order valence-electron chi connectivity index (χ2n) is 8.05. The van der Waals surface area contributed by atoms with Crippen molar-refractivity contribution in [2.24, 2.45) is 10.9 Å². The first-order valence-electron chi connectivity index (χ1n) is 10.9. The summed E-state index contributed by atoms with van der Waals surface area (Å²) in [6.45, 7) is 2.19. The highest BCUT2D eigenvalue weighted by Crippen LogP contribution is 2.27. The number of benzene rings is 1. The summed E-state index contributed by atoms with van der Waals surface area (Å²) in [5.41, 5.74) is 0.743. The summed E-state index contributed by atoms with van der Waals surface area (Å²) in [5.74, 6) is 1.25. The van der Waals surface area contributed by atoms with Gasteiger partial charge in [-0.3, -0.25) is 14.6 Å². The van der Waals surface area contributed by atoms with Crippen LogP contribution in [0.2, 0.25) is 5.02 Å². The van der Waals surface area contributed by atoms with Crippen molar-refractivity contribution in [2.75, 3.05) is 32.0 Å². The van der Waals surface area contributed by atoms with E-state index in [9.17, 15) is 9.59 Å². The normalized spacial score (nSPS) is 19.7. The lowest BCUT2D eigenvalue weighted by molar-refractivity contribution is -0.134. The maximum Gasteiger partial charge on any atom is 0.225 e. The number of anilines is 1. The van der Waals surface area contributed by atoms with Gasteiger partial charge in [-0.1, -0.05) is 24.4 Å². The van der Waals surface area contributed by atoms with Crippen molar-refractivity contribution in [2.45, 2.75) is 51.0 Å². The van der Waals surface area contributed by atoms with Crippen molar-refractivity contribution in [3.63, 3.8) is 0 Å². The standard InChI is InChI=1S/C22H32ClN5O2/c1-24-22(25-13-4-7-20(29)26-18-10-8-17(23)9-11-18)27-19-12-14-28(15-19)21(30)16-5-2-3-6-16/h8-11,16,19H,2-7,12-15H2,1H3,(H,26,29)(H2,24,25,27). The van der Waals surface area contributed by atoms with Gasteiger partial charge in [-0.15, -0.1) is 0 Å².